The van der Waals surface area contributed by atoms with E-state index in [2.05, 4.69) is 13.8 Å². The second-order valence-electron chi connectivity index (χ2n) is 3.52. The van der Waals surface area contributed by atoms with Crippen molar-refractivity contribution < 1.29 is 5.11 Å². The Morgan fingerprint density at radius 3 is 2.30 bits per heavy atom. The molecule has 60 valence electrons. The molecule has 1 aliphatic carbocycles. The zero-order valence-electron chi connectivity index (χ0n) is 7.06. The molecule has 0 aromatic heterocycles. The van der Waals surface area contributed by atoms with Crippen LogP contribution >= 0.6 is 0 Å². The number of hydrogen-bond donors (Lipinski definition) is 1. The zero-order chi connectivity index (χ0) is 7.61. The summed E-state index contributed by atoms with van der Waals surface area (Å²) >= 11 is 0. The van der Waals surface area contributed by atoms with E-state index in [4.69, 9.17) is 0 Å². The van der Waals surface area contributed by atoms with Gasteiger partial charge in [-0.15, -0.1) is 0 Å². The summed E-state index contributed by atoms with van der Waals surface area (Å²) in [6.45, 7) is 4.32. The molecule has 1 aliphatic rings. The first-order chi connectivity index (χ1) is 4.75. The van der Waals surface area contributed by atoms with Gasteiger partial charge in [0.05, 0.1) is 6.10 Å². The third kappa shape index (κ3) is 1.34. The van der Waals surface area contributed by atoms with Crippen molar-refractivity contribution in [1.82, 2.24) is 0 Å². The van der Waals surface area contributed by atoms with Crippen LogP contribution < -0.4 is 0 Å². The van der Waals surface area contributed by atoms with Gasteiger partial charge in [-0.05, 0) is 31.1 Å². The van der Waals surface area contributed by atoms with E-state index in [9.17, 15) is 5.11 Å². The molecule has 0 radical (unpaired) electrons. The molecule has 0 aromatic rings. The van der Waals surface area contributed by atoms with Gasteiger partial charge in [0.25, 0.3) is 0 Å². The standard InChI is InChI=1S/C9H18O/c1-3-5-8(10)9(4-2)6-7-9/h8,10H,3-7H2,1-2H3. The summed E-state index contributed by atoms with van der Waals surface area (Å²) in [7, 11) is 0. The molecule has 0 aliphatic heterocycles. The highest BCUT2D eigenvalue weighted by Gasteiger charge is 2.46. The first-order valence-electron chi connectivity index (χ1n) is 4.43. The summed E-state index contributed by atoms with van der Waals surface area (Å²) < 4.78 is 0. The van der Waals surface area contributed by atoms with E-state index in [1.54, 1.807) is 0 Å². The quantitative estimate of drug-likeness (QED) is 0.638. The van der Waals surface area contributed by atoms with Crippen LogP contribution in [0.5, 0.6) is 0 Å². The lowest BCUT2D eigenvalue weighted by molar-refractivity contribution is 0.0810. The average Bonchev–Trinajstić information content (AvgIpc) is 2.68. The van der Waals surface area contributed by atoms with Gasteiger partial charge >= 0.3 is 0 Å². The molecule has 10 heavy (non-hydrogen) atoms. The lowest BCUT2D eigenvalue weighted by atomic mass is 9.93. The lowest BCUT2D eigenvalue weighted by Crippen LogP contribution is -2.20. The van der Waals surface area contributed by atoms with Crippen LogP contribution in [-0.2, 0) is 0 Å². The number of aliphatic hydroxyl groups excluding tert-OH is 1. The Hall–Kier alpha value is -0.0400. The fraction of sp³-hybridized carbons (Fsp3) is 1.00. The molecule has 0 bridgehead atoms. The SMILES string of the molecule is CCCC(O)C1(CC)CC1. The number of aliphatic hydroxyl groups is 1. The predicted molar refractivity (Wildman–Crippen MR) is 42.9 cm³/mol. The Labute approximate surface area is 63.4 Å². The topological polar surface area (TPSA) is 20.2 Å². The van der Waals surface area contributed by atoms with Crippen LogP contribution in [-0.4, -0.2) is 11.2 Å². The summed E-state index contributed by atoms with van der Waals surface area (Å²) in [5.41, 5.74) is 0.357. The Kier molecular flexibility index (Phi) is 2.35. The Morgan fingerprint density at radius 2 is 2.00 bits per heavy atom. The van der Waals surface area contributed by atoms with Crippen molar-refractivity contribution in [3.63, 3.8) is 0 Å². The summed E-state index contributed by atoms with van der Waals surface area (Å²) in [4.78, 5) is 0. The lowest BCUT2D eigenvalue weighted by Gasteiger charge is -2.19. The van der Waals surface area contributed by atoms with Crippen LogP contribution in [0.4, 0.5) is 0 Å². The fourth-order valence-corrected chi connectivity index (χ4v) is 1.66. The van der Waals surface area contributed by atoms with E-state index >= 15 is 0 Å². The molecule has 1 fully saturated rings. The monoisotopic (exact) mass is 142 g/mol. The molecular formula is C9H18O. The van der Waals surface area contributed by atoms with Crippen molar-refractivity contribution >= 4 is 0 Å². The first-order valence-corrected chi connectivity index (χ1v) is 4.43. The van der Waals surface area contributed by atoms with E-state index in [1.165, 1.54) is 12.8 Å². The minimum Gasteiger partial charge on any atom is -0.393 e. The molecule has 1 saturated carbocycles. The van der Waals surface area contributed by atoms with Crippen molar-refractivity contribution in [1.29, 1.82) is 0 Å². The third-order valence-corrected chi connectivity index (χ3v) is 2.87. The van der Waals surface area contributed by atoms with E-state index in [1.807, 2.05) is 0 Å². The molecule has 1 nitrogen and oxygen atoms in total. The van der Waals surface area contributed by atoms with Crippen LogP contribution in [0.2, 0.25) is 0 Å². The van der Waals surface area contributed by atoms with Crippen molar-refractivity contribution in [2.75, 3.05) is 0 Å². The minimum absolute atomic E-state index is 0.0116. The summed E-state index contributed by atoms with van der Waals surface area (Å²) in [5, 5.41) is 9.64. The molecule has 1 heteroatoms. The molecule has 1 N–H and O–H groups in total. The largest absolute Gasteiger partial charge is 0.393 e. The van der Waals surface area contributed by atoms with Crippen molar-refractivity contribution in [3.8, 4) is 0 Å². The van der Waals surface area contributed by atoms with Gasteiger partial charge in [0.1, 0.15) is 0 Å². The smallest absolute Gasteiger partial charge is 0.0596 e. The van der Waals surface area contributed by atoms with E-state index in [-0.39, 0.29) is 6.10 Å². The first kappa shape index (κ1) is 8.06. The van der Waals surface area contributed by atoms with Crippen LogP contribution in [0, 0.1) is 5.41 Å². The van der Waals surface area contributed by atoms with Gasteiger partial charge in [0.15, 0.2) is 0 Å². The predicted octanol–water partition coefficient (Wildman–Crippen LogP) is 2.34. The van der Waals surface area contributed by atoms with Gasteiger partial charge in [-0.2, -0.15) is 0 Å². The molecule has 1 unspecified atom stereocenters. The van der Waals surface area contributed by atoms with E-state index < -0.39 is 0 Å². The Balaban J connectivity index is 2.32. The van der Waals surface area contributed by atoms with Crippen molar-refractivity contribution in [2.24, 2.45) is 5.41 Å². The fourth-order valence-electron chi connectivity index (χ4n) is 1.66. The van der Waals surface area contributed by atoms with E-state index in [0.29, 0.717) is 5.41 Å². The second-order valence-corrected chi connectivity index (χ2v) is 3.52. The van der Waals surface area contributed by atoms with Gasteiger partial charge in [0, 0.05) is 0 Å². The summed E-state index contributed by atoms with van der Waals surface area (Å²) in [6, 6.07) is 0. The maximum absolute atomic E-state index is 9.64. The highest BCUT2D eigenvalue weighted by Crippen LogP contribution is 2.52. The highest BCUT2D eigenvalue weighted by atomic mass is 16.3. The van der Waals surface area contributed by atoms with Gasteiger partial charge in [-0.1, -0.05) is 20.3 Å². The van der Waals surface area contributed by atoms with Crippen LogP contribution in [0.15, 0.2) is 0 Å². The van der Waals surface area contributed by atoms with Crippen LogP contribution in [0.1, 0.15) is 46.0 Å². The molecule has 0 spiro atoms. The van der Waals surface area contributed by atoms with Gasteiger partial charge in [-0.3, -0.25) is 0 Å². The maximum Gasteiger partial charge on any atom is 0.0596 e. The number of rotatable bonds is 4. The van der Waals surface area contributed by atoms with E-state index in [0.717, 1.165) is 19.3 Å². The molecule has 0 amide bonds. The Morgan fingerprint density at radius 1 is 1.40 bits per heavy atom. The molecule has 0 heterocycles. The zero-order valence-corrected chi connectivity index (χ0v) is 7.06. The van der Waals surface area contributed by atoms with Crippen LogP contribution in [0.3, 0.4) is 0 Å². The number of hydrogen-bond acceptors (Lipinski definition) is 1. The molecular weight excluding hydrogens is 124 g/mol. The summed E-state index contributed by atoms with van der Waals surface area (Å²) in [6.07, 6.45) is 5.77. The average molecular weight is 142 g/mol. The Bertz CT molecular complexity index is 105. The van der Waals surface area contributed by atoms with Crippen LogP contribution in [0.25, 0.3) is 0 Å². The second kappa shape index (κ2) is 2.91. The van der Waals surface area contributed by atoms with Gasteiger partial charge in [0.2, 0.25) is 0 Å². The van der Waals surface area contributed by atoms with Gasteiger partial charge < -0.3 is 5.11 Å². The normalized spacial score (nSPS) is 24.3. The minimum atomic E-state index is -0.0116. The van der Waals surface area contributed by atoms with Gasteiger partial charge in [-0.25, -0.2) is 0 Å². The maximum atomic E-state index is 9.64. The molecule has 1 atom stereocenters. The molecule has 1 rings (SSSR count). The molecule has 0 saturated heterocycles. The van der Waals surface area contributed by atoms with Crippen molar-refractivity contribution in [3.05, 3.63) is 0 Å². The highest BCUT2D eigenvalue weighted by molar-refractivity contribution is 4.97. The summed E-state index contributed by atoms with van der Waals surface area (Å²) in [5.74, 6) is 0. The molecule has 0 aromatic carbocycles. The third-order valence-electron chi connectivity index (χ3n) is 2.87. The van der Waals surface area contributed by atoms with Crippen molar-refractivity contribution in [2.45, 2.75) is 52.1 Å².